The molecule has 0 radical (unpaired) electrons. The number of esters is 1. The zero-order valence-corrected chi connectivity index (χ0v) is 15.0. The number of hydrogen-bond donors (Lipinski definition) is 1. The molecular weight excluding hydrogens is 396 g/mol. The Hall–Kier alpha value is -3.43. The van der Waals surface area contributed by atoms with Gasteiger partial charge in [0.25, 0.3) is 5.56 Å². The maximum absolute atomic E-state index is 13.8. The maximum atomic E-state index is 13.8. The van der Waals surface area contributed by atoms with E-state index in [0.717, 1.165) is 13.2 Å². The van der Waals surface area contributed by atoms with Gasteiger partial charge in [-0.25, -0.2) is 14.3 Å². The summed E-state index contributed by atoms with van der Waals surface area (Å²) >= 11 is 0. The van der Waals surface area contributed by atoms with Gasteiger partial charge in [0.15, 0.2) is 6.61 Å². The molecule has 3 aromatic rings. The molecule has 6 nitrogen and oxygen atoms in total. The predicted octanol–water partition coefficient (Wildman–Crippen LogP) is 3.38. The number of ether oxygens (including phenoxy) is 2. The fourth-order valence-corrected chi connectivity index (χ4v) is 2.73. The molecule has 1 heterocycles. The lowest BCUT2D eigenvalue weighted by Gasteiger charge is -2.11. The molecule has 3 rings (SSSR count). The van der Waals surface area contributed by atoms with E-state index in [1.807, 2.05) is 0 Å². The number of hydrogen-bond acceptors (Lipinski definition) is 5. The Morgan fingerprint density at radius 3 is 2.59 bits per heavy atom. The maximum Gasteiger partial charge on any atom is 0.422 e. The van der Waals surface area contributed by atoms with Gasteiger partial charge in [-0.15, -0.1) is 0 Å². The minimum absolute atomic E-state index is 0.0697. The Labute approximate surface area is 161 Å². The van der Waals surface area contributed by atoms with E-state index in [1.165, 1.54) is 30.3 Å². The van der Waals surface area contributed by atoms with Gasteiger partial charge in [0, 0.05) is 11.8 Å². The van der Waals surface area contributed by atoms with E-state index >= 15 is 0 Å². The average Bonchev–Trinajstić information content (AvgIpc) is 2.68. The van der Waals surface area contributed by atoms with Gasteiger partial charge in [-0.1, -0.05) is 6.07 Å². The molecule has 0 unspecified atom stereocenters. The number of aromatic nitrogens is 2. The van der Waals surface area contributed by atoms with Crippen molar-refractivity contribution in [3.8, 4) is 5.75 Å². The van der Waals surface area contributed by atoms with E-state index in [9.17, 15) is 27.2 Å². The molecule has 1 N–H and O–H groups in total. The molecule has 0 aliphatic carbocycles. The third-order valence-electron chi connectivity index (χ3n) is 4.05. The highest BCUT2D eigenvalue weighted by atomic mass is 19.4. The number of nitrogens with zero attached hydrogens (tertiary/aromatic N) is 1. The number of fused-ring (bicyclic) bond motifs is 1. The van der Waals surface area contributed by atoms with Crippen LogP contribution in [0, 0.1) is 5.82 Å². The molecule has 29 heavy (non-hydrogen) atoms. The molecule has 10 heteroatoms. The summed E-state index contributed by atoms with van der Waals surface area (Å²) in [5.74, 6) is -1.70. The van der Waals surface area contributed by atoms with Gasteiger partial charge >= 0.3 is 12.1 Å². The number of carbonyl (C=O) groups is 1. The lowest BCUT2D eigenvalue weighted by molar-refractivity contribution is -0.153. The quantitative estimate of drug-likeness (QED) is 0.515. The zero-order chi connectivity index (χ0) is 21.2. The van der Waals surface area contributed by atoms with Crippen molar-refractivity contribution in [3.05, 3.63) is 69.4 Å². The zero-order valence-electron chi connectivity index (χ0n) is 15.0. The van der Waals surface area contributed by atoms with Crippen LogP contribution in [0.1, 0.15) is 21.6 Å². The molecule has 0 saturated heterocycles. The summed E-state index contributed by atoms with van der Waals surface area (Å²) < 4.78 is 60.2. The third kappa shape index (κ3) is 4.71. The van der Waals surface area contributed by atoms with Gasteiger partial charge in [0.05, 0.1) is 23.8 Å². The summed E-state index contributed by atoms with van der Waals surface area (Å²) in [6.07, 6.45) is -4.44. The van der Waals surface area contributed by atoms with E-state index in [-0.39, 0.29) is 28.5 Å². The first-order valence-electron chi connectivity index (χ1n) is 8.25. The van der Waals surface area contributed by atoms with Crippen LogP contribution in [0.4, 0.5) is 17.6 Å². The molecule has 0 aliphatic rings. The molecule has 1 aromatic heterocycles. The predicted molar refractivity (Wildman–Crippen MR) is 94.5 cm³/mol. The van der Waals surface area contributed by atoms with Crippen molar-refractivity contribution in [2.45, 2.75) is 12.6 Å². The summed E-state index contributed by atoms with van der Waals surface area (Å²) in [4.78, 5) is 23.6. The van der Waals surface area contributed by atoms with E-state index in [4.69, 9.17) is 4.74 Å². The number of benzene rings is 2. The summed E-state index contributed by atoms with van der Waals surface area (Å²) in [6.45, 7) is -1.48. The van der Waals surface area contributed by atoms with Crippen molar-refractivity contribution in [2.24, 2.45) is 0 Å². The summed E-state index contributed by atoms with van der Waals surface area (Å²) in [6, 6.07) is 7.65. The van der Waals surface area contributed by atoms with Crippen LogP contribution in [0.5, 0.6) is 5.75 Å². The molecule has 152 valence electrons. The van der Waals surface area contributed by atoms with Gasteiger partial charge in [0.2, 0.25) is 0 Å². The molecule has 0 spiro atoms. The third-order valence-corrected chi connectivity index (χ3v) is 4.05. The monoisotopic (exact) mass is 410 g/mol. The number of halogens is 4. The van der Waals surface area contributed by atoms with Crippen molar-refractivity contribution < 1.29 is 31.8 Å². The average molecular weight is 410 g/mol. The van der Waals surface area contributed by atoms with E-state index in [1.54, 1.807) is 0 Å². The first-order valence-corrected chi connectivity index (χ1v) is 8.25. The minimum Gasteiger partial charge on any atom is -0.484 e. The number of alkyl halides is 3. The molecule has 0 bridgehead atoms. The molecule has 2 aromatic carbocycles. The van der Waals surface area contributed by atoms with Gasteiger partial charge in [-0.05, 0) is 35.9 Å². The largest absolute Gasteiger partial charge is 0.484 e. The van der Waals surface area contributed by atoms with Gasteiger partial charge in [0.1, 0.15) is 11.6 Å². The summed E-state index contributed by atoms with van der Waals surface area (Å²) in [5.41, 5.74) is -0.0119. The highest BCUT2D eigenvalue weighted by Gasteiger charge is 2.28. The topological polar surface area (TPSA) is 81.3 Å². The first kappa shape index (κ1) is 20.3. The molecule has 0 amide bonds. The van der Waals surface area contributed by atoms with Gasteiger partial charge < -0.3 is 9.47 Å². The lowest BCUT2D eigenvalue weighted by Crippen LogP contribution is -2.19. The number of rotatable bonds is 5. The molecule has 0 saturated carbocycles. The number of methoxy groups -OCH3 is 1. The Kier molecular flexibility index (Phi) is 5.53. The fraction of sp³-hybridized carbons (Fsp3) is 0.211. The van der Waals surface area contributed by atoms with Gasteiger partial charge in [-0.2, -0.15) is 18.3 Å². The van der Waals surface area contributed by atoms with Crippen LogP contribution < -0.4 is 10.3 Å². The molecular formula is C19H14F4N2O4. The lowest BCUT2D eigenvalue weighted by atomic mass is 10.0. The van der Waals surface area contributed by atoms with Crippen LogP contribution in [-0.2, 0) is 11.2 Å². The van der Waals surface area contributed by atoms with Gasteiger partial charge in [-0.3, -0.25) is 4.79 Å². The summed E-state index contributed by atoms with van der Waals surface area (Å²) in [5, 5.41) is 6.72. The fourth-order valence-electron chi connectivity index (χ4n) is 2.73. The number of nitrogens with one attached hydrogen (secondary N) is 1. The second-order valence-corrected chi connectivity index (χ2v) is 6.09. The smallest absolute Gasteiger partial charge is 0.422 e. The van der Waals surface area contributed by atoms with Crippen LogP contribution in [0.25, 0.3) is 10.8 Å². The van der Waals surface area contributed by atoms with Crippen molar-refractivity contribution in [1.29, 1.82) is 0 Å². The Balaban J connectivity index is 2.00. The first-order chi connectivity index (χ1) is 13.7. The van der Waals surface area contributed by atoms with E-state index in [0.29, 0.717) is 11.3 Å². The van der Waals surface area contributed by atoms with Crippen LogP contribution in [0.3, 0.4) is 0 Å². The van der Waals surface area contributed by atoms with Crippen molar-refractivity contribution in [1.82, 2.24) is 10.2 Å². The molecule has 0 fully saturated rings. The standard InChI is InChI=1S/C19H14F4N2O4/c1-28-18(27)14-6-10(2-5-15(14)20)7-16-13-8-11(29-9-19(21,22)23)3-4-12(13)17(26)25-24-16/h2-6,8H,7,9H2,1H3,(H,25,26). The van der Waals surface area contributed by atoms with Crippen LogP contribution >= 0.6 is 0 Å². The second-order valence-electron chi connectivity index (χ2n) is 6.09. The van der Waals surface area contributed by atoms with E-state index < -0.39 is 30.1 Å². The van der Waals surface area contributed by atoms with Crippen LogP contribution in [0.15, 0.2) is 41.2 Å². The van der Waals surface area contributed by atoms with Crippen LogP contribution in [0.2, 0.25) is 0 Å². The van der Waals surface area contributed by atoms with Crippen molar-refractivity contribution >= 4 is 16.7 Å². The Bertz CT molecular complexity index is 1130. The normalized spacial score (nSPS) is 11.5. The number of H-pyrrole nitrogens is 1. The Morgan fingerprint density at radius 2 is 1.90 bits per heavy atom. The minimum atomic E-state index is -4.51. The highest BCUT2D eigenvalue weighted by molar-refractivity contribution is 5.90. The number of carbonyl (C=O) groups excluding carboxylic acids is 1. The molecule has 0 aliphatic heterocycles. The van der Waals surface area contributed by atoms with Crippen molar-refractivity contribution in [3.63, 3.8) is 0 Å². The number of aromatic amines is 1. The summed E-state index contributed by atoms with van der Waals surface area (Å²) in [7, 11) is 1.12. The SMILES string of the molecule is COC(=O)c1cc(Cc2n[nH]c(=O)c3ccc(OCC(F)(F)F)cc23)ccc1F. The Morgan fingerprint density at radius 1 is 1.14 bits per heavy atom. The van der Waals surface area contributed by atoms with Crippen LogP contribution in [-0.4, -0.2) is 36.1 Å². The highest BCUT2D eigenvalue weighted by Crippen LogP contribution is 2.25. The van der Waals surface area contributed by atoms with E-state index in [2.05, 4.69) is 14.9 Å². The molecule has 0 atom stereocenters. The second kappa shape index (κ2) is 7.90. The van der Waals surface area contributed by atoms with Crippen molar-refractivity contribution in [2.75, 3.05) is 13.7 Å².